The molecule has 18 heavy (non-hydrogen) atoms. The molecule has 0 unspecified atom stereocenters. The van der Waals surface area contributed by atoms with Gasteiger partial charge in [-0.3, -0.25) is 4.68 Å². The molecule has 0 spiro atoms. The minimum Gasteiger partial charge on any atom is -0.342 e. The quantitative estimate of drug-likeness (QED) is 0.848. The van der Waals surface area contributed by atoms with Crippen LogP contribution in [0.1, 0.15) is 37.0 Å². The van der Waals surface area contributed by atoms with Gasteiger partial charge in [0.1, 0.15) is 5.82 Å². The Morgan fingerprint density at radius 1 is 1.28 bits per heavy atom. The monoisotopic (exact) mass is 261 g/mol. The van der Waals surface area contributed by atoms with Crippen LogP contribution in [0, 0.1) is 0 Å². The van der Waals surface area contributed by atoms with E-state index in [0.29, 0.717) is 12.0 Å². The Bertz CT molecular complexity index is 524. The molecule has 2 aliphatic rings. The lowest BCUT2D eigenvalue weighted by Crippen LogP contribution is -2.48. The van der Waals surface area contributed by atoms with Crippen molar-refractivity contribution in [2.75, 3.05) is 18.0 Å². The number of rotatable bonds is 3. The zero-order chi connectivity index (χ0) is 11.9. The highest BCUT2D eigenvalue weighted by Crippen LogP contribution is 2.37. The van der Waals surface area contributed by atoms with Gasteiger partial charge in [0, 0.05) is 42.9 Å². The Hall–Kier alpha value is -1.43. The van der Waals surface area contributed by atoms with E-state index < -0.39 is 0 Å². The molecule has 0 amide bonds. The molecule has 3 heterocycles. The van der Waals surface area contributed by atoms with E-state index in [4.69, 9.17) is 0 Å². The van der Waals surface area contributed by atoms with Crippen molar-refractivity contribution in [1.29, 1.82) is 0 Å². The van der Waals surface area contributed by atoms with Gasteiger partial charge in [0.25, 0.3) is 0 Å². The Kier molecular flexibility index (Phi) is 2.36. The normalized spacial score (nSPS) is 20.8. The third-order valence-electron chi connectivity index (χ3n) is 3.93. The fourth-order valence-corrected chi connectivity index (χ4v) is 3.23. The van der Waals surface area contributed by atoms with Crippen molar-refractivity contribution in [1.82, 2.24) is 19.1 Å². The highest BCUT2D eigenvalue weighted by Gasteiger charge is 2.32. The van der Waals surface area contributed by atoms with E-state index in [-0.39, 0.29) is 0 Å². The fourth-order valence-electron chi connectivity index (χ4n) is 2.46. The van der Waals surface area contributed by atoms with Crippen LogP contribution in [0.3, 0.4) is 0 Å². The lowest BCUT2D eigenvalue weighted by molar-refractivity contribution is 0.366. The van der Waals surface area contributed by atoms with Crippen LogP contribution in [0.4, 0.5) is 5.13 Å². The summed E-state index contributed by atoms with van der Waals surface area (Å²) in [6, 6.07) is 2.47. The summed E-state index contributed by atoms with van der Waals surface area (Å²) in [5, 5.41) is 5.36. The minimum absolute atomic E-state index is 0.496. The molecule has 6 heteroatoms. The van der Waals surface area contributed by atoms with Crippen molar-refractivity contribution in [3.63, 3.8) is 0 Å². The lowest BCUT2D eigenvalue weighted by Gasteiger charge is -2.38. The number of hydrogen-bond donors (Lipinski definition) is 0. The second-order valence-electron chi connectivity index (χ2n) is 5.11. The standard InChI is InChI=1S/C12H15N5S/c1-3-9(4-1)11-14-12(18-15-11)16-7-10(8-16)17-6-2-5-13-17/h2,5-6,9-10H,1,3-4,7-8H2. The van der Waals surface area contributed by atoms with Gasteiger partial charge in [-0.1, -0.05) is 6.42 Å². The maximum absolute atomic E-state index is 4.67. The Morgan fingerprint density at radius 3 is 2.83 bits per heavy atom. The number of aromatic nitrogens is 4. The molecule has 2 aromatic rings. The summed E-state index contributed by atoms with van der Waals surface area (Å²) in [5.41, 5.74) is 0. The van der Waals surface area contributed by atoms with Crippen LogP contribution < -0.4 is 4.90 Å². The summed E-state index contributed by atoms with van der Waals surface area (Å²) in [4.78, 5) is 6.97. The predicted molar refractivity (Wildman–Crippen MR) is 70.0 cm³/mol. The lowest BCUT2D eigenvalue weighted by atomic mass is 9.85. The van der Waals surface area contributed by atoms with E-state index >= 15 is 0 Å². The first-order chi connectivity index (χ1) is 8.90. The first-order valence-corrected chi connectivity index (χ1v) is 7.25. The van der Waals surface area contributed by atoms with E-state index in [0.717, 1.165) is 24.0 Å². The maximum Gasteiger partial charge on any atom is 0.205 e. The van der Waals surface area contributed by atoms with Crippen LogP contribution in [-0.4, -0.2) is 32.2 Å². The molecule has 1 aliphatic carbocycles. The highest BCUT2D eigenvalue weighted by atomic mass is 32.1. The van der Waals surface area contributed by atoms with Crippen molar-refractivity contribution in [2.45, 2.75) is 31.2 Å². The van der Waals surface area contributed by atoms with Gasteiger partial charge < -0.3 is 4.90 Å². The molecular weight excluding hydrogens is 246 g/mol. The van der Waals surface area contributed by atoms with Crippen molar-refractivity contribution in [3.8, 4) is 0 Å². The summed E-state index contributed by atoms with van der Waals surface area (Å²) in [6.45, 7) is 2.00. The topological polar surface area (TPSA) is 46.8 Å². The minimum atomic E-state index is 0.496. The van der Waals surface area contributed by atoms with Gasteiger partial charge in [0.2, 0.25) is 5.13 Å². The summed E-state index contributed by atoms with van der Waals surface area (Å²) >= 11 is 1.55. The Labute approximate surface area is 110 Å². The van der Waals surface area contributed by atoms with Gasteiger partial charge in [0.05, 0.1) is 6.04 Å². The van der Waals surface area contributed by atoms with Crippen LogP contribution >= 0.6 is 11.5 Å². The molecule has 5 nitrogen and oxygen atoms in total. The zero-order valence-electron chi connectivity index (χ0n) is 10.1. The maximum atomic E-state index is 4.67. The largest absolute Gasteiger partial charge is 0.342 e. The molecule has 0 aromatic carbocycles. The number of hydrogen-bond acceptors (Lipinski definition) is 5. The van der Waals surface area contributed by atoms with Crippen LogP contribution in [-0.2, 0) is 0 Å². The molecule has 1 saturated carbocycles. The Morgan fingerprint density at radius 2 is 2.17 bits per heavy atom. The molecule has 0 radical (unpaired) electrons. The van der Waals surface area contributed by atoms with Gasteiger partial charge in [-0.2, -0.15) is 9.47 Å². The van der Waals surface area contributed by atoms with Crippen molar-refractivity contribution in [2.24, 2.45) is 0 Å². The number of nitrogens with zero attached hydrogens (tertiary/aromatic N) is 5. The van der Waals surface area contributed by atoms with Crippen molar-refractivity contribution in [3.05, 3.63) is 24.3 Å². The molecule has 4 rings (SSSR count). The molecule has 94 valence electrons. The van der Waals surface area contributed by atoms with Crippen LogP contribution in [0.2, 0.25) is 0 Å². The number of anilines is 1. The van der Waals surface area contributed by atoms with Crippen LogP contribution in [0.5, 0.6) is 0 Å². The molecule has 2 aromatic heterocycles. The second-order valence-corrected chi connectivity index (χ2v) is 5.84. The predicted octanol–water partition coefficient (Wildman–Crippen LogP) is 2.06. The van der Waals surface area contributed by atoms with E-state index in [1.807, 2.05) is 23.1 Å². The smallest absolute Gasteiger partial charge is 0.205 e. The Balaban J connectivity index is 1.42. The van der Waals surface area contributed by atoms with Crippen LogP contribution in [0.25, 0.3) is 0 Å². The third kappa shape index (κ3) is 1.63. The summed E-state index contributed by atoms with van der Waals surface area (Å²) in [7, 11) is 0. The van der Waals surface area contributed by atoms with Gasteiger partial charge in [-0.15, -0.1) is 0 Å². The van der Waals surface area contributed by atoms with Crippen LogP contribution in [0.15, 0.2) is 18.5 Å². The molecule has 0 bridgehead atoms. The average Bonchev–Trinajstić information content (AvgIpc) is 2.85. The highest BCUT2D eigenvalue weighted by molar-refractivity contribution is 7.09. The molecule has 1 saturated heterocycles. The van der Waals surface area contributed by atoms with Crippen molar-refractivity contribution < 1.29 is 0 Å². The molecular formula is C12H15N5S. The fraction of sp³-hybridized carbons (Fsp3) is 0.583. The first-order valence-electron chi connectivity index (χ1n) is 6.48. The zero-order valence-corrected chi connectivity index (χ0v) is 10.9. The second kappa shape index (κ2) is 4.05. The van der Waals surface area contributed by atoms with E-state index in [1.165, 1.54) is 19.3 Å². The van der Waals surface area contributed by atoms with E-state index in [1.54, 1.807) is 11.5 Å². The third-order valence-corrected chi connectivity index (χ3v) is 4.72. The van der Waals surface area contributed by atoms with Gasteiger partial charge >= 0.3 is 0 Å². The molecule has 0 atom stereocenters. The summed E-state index contributed by atoms with van der Waals surface area (Å²) in [6.07, 6.45) is 7.74. The first kappa shape index (κ1) is 10.5. The van der Waals surface area contributed by atoms with E-state index in [9.17, 15) is 0 Å². The van der Waals surface area contributed by atoms with E-state index in [2.05, 4.69) is 19.4 Å². The van der Waals surface area contributed by atoms with Gasteiger partial charge in [-0.25, -0.2) is 4.98 Å². The molecule has 0 N–H and O–H groups in total. The molecule has 1 aliphatic heterocycles. The SMILES string of the molecule is c1cnn(C2CN(c3nc(C4CCC4)ns3)C2)c1. The summed E-state index contributed by atoms with van der Waals surface area (Å²) in [5.74, 6) is 1.71. The summed E-state index contributed by atoms with van der Waals surface area (Å²) < 4.78 is 6.53. The average molecular weight is 261 g/mol. The van der Waals surface area contributed by atoms with Gasteiger partial charge in [-0.05, 0) is 18.9 Å². The molecule has 2 fully saturated rings. The van der Waals surface area contributed by atoms with Gasteiger partial charge in [0.15, 0.2) is 0 Å². The van der Waals surface area contributed by atoms with Crippen molar-refractivity contribution >= 4 is 16.7 Å².